The number of hydrogen-bond donors (Lipinski definition) is 2. The van der Waals surface area contributed by atoms with E-state index in [0.29, 0.717) is 22.4 Å². The SMILES string of the molecule is O=C(Nc1ccc2oc(=O)[nH]c2c1)c1ccc(F)c(Br)c1. The normalized spacial score (nSPS) is 10.8. The van der Waals surface area contributed by atoms with Crippen LogP contribution in [-0.2, 0) is 0 Å². The molecule has 0 saturated heterocycles. The largest absolute Gasteiger partial charge is 0.417 e. The molecule has 1 aromatic heterocycles. The molecule has 0 unspecified atom stereocenters. The molecule has 0 atom stereocenters. The number of fused-ring (bicyclic) bond motifs is 1. The molecular weight excluding hydrogens is 343 g/mol. The van der Waals surface area contributed by atoms with Gasteiger partial charge < -0.3 is 9.73 Å². The third-order valence-corrected chi connectivity index (χ3v) is 3.47. The molecule has 5 nitrogen and oxygen atoms in total. The molecule has 7 heteroatoms. The van der Waals surface area contributed by atoms with E-state index in [1.165, 1.54) is 18.2 Å². The minimum atomic E-state index is -0.559. The van der Waals surface area contributed by atoms with Crippen LogP contribution in [0.25, 0.3) is 11.1 Å². The molecule has 2 aromatic carbocycles. The number of nitrogens with one attached hydrogen (secondary N) is 2. The van der Waals surface area contributed by atoms with Crippen molar-refractivity contribution in [3.8, 4) is 0 Å². The highest BCUT2D eigenvalue weighted by molar-refractivity contribution is 9.10. The van der Waals surface area contributed by atoms with Crippen LogP contribution in [0.2, 0.25) is 0 Å². The van der Waals surface area contributed by atoms with Gasteiger partial charge in [0.15, 0.2) is 5.58 Å². The van der Waals surface area contributed by atoms with Crippen molar-refractivity contribution in [3.63, 3.8) is 0 Å². The van der Waals surface area contributed by atoms with Gasteiger partial charge in [-0.25, -0.2) is 9.18 Å². The molecule has 0 fully saturated rings. The Morgan fingerprint density at radius 3 is 2.81 bits per heavy atom. The Morgan fingerprint density at radius 2 is 2.05 bits per heavy atom. The van der Waals surface area contributed by atoms with Gasteiger partial charge in [0.25, 0.3) is 5.91 Å². The summed E-state index contributed by atoms with van der Waals surface area (Å²) in [7, 11) is 0. The van der Waals surface area contributed by atoms with E-state index in [2.05, 4.69) is 26.2 Å². The minimum absolute atomic E-state index is 0.213. The molecule has 1 heterocycles. The molecular formula is C14H8BrFN2O3. The molecule has 1 amide bonds. The molecule has 0 bridgehead atoms. The number of oxazole rings is 1. The fraction of sp³-hybridized carbons (Fsp3) is 0. The van der Waals surface area contributed by atoms with Crippen molar-refractivity contribution in [1.29, 1.82) is 0 Å². The molecule has 106 valence electrons. The Kier molecular flexibility index (Phi) is 3.34. The number of halogens is 2. The zero-order valence-corrected chi connectivity index (χ0v) is 12.0. The fourth-order valence-electron chi connectivity index (χ4n) is 1.87. The molecule has 0 aliphatic heterocycles. The highest BCUT2D eigenvalue weighted by Gasteiger charge is 2.10. The van der Waals surface area contributed by atoms with Crippen LogP contribution in [0.3, 0.4) is 0 Å². The number of aromatic amines is 1. The van der Waals surface area contributed by atoms with Gasteiger partial charge in [-0.2, -0.15) is 0 Å². The maximum Gasteiger partial charge on any atom is 0.417 e. The van der Waals surface area contributed by atoms with Crippen molar-refractivity contribution in [1.82, 2.24) is 4.98 Å². The first-order chi connectivity index (χ1) is 10.0. The molecule has 0 aliphatic rings. The fourth-order valence-corrected chi connectivity index (χ4v) is 2.25. The lowest BCUT2D eigenvalue weighted by molar-refractivity contribution is 0.102. The predicted octanol–water partition coefficient (Wildman–Crippen LogP) is 3.28. The van der Waals surface area contributed by atoms with Crippen molar-refractivity contribution in [3.05, 3.63) is 62.8 Å². The second-order valence-corrected chi connectivity index (χ2v) is 5.16. The third-order valence-electron chi connectivity index (χ3n) is 2.86. The van der Waals surface area contributed by atoms with Gasteiger partial charge in [-0.1, -0.05) is 0 Å². The first-order valence-electron chi connectivity index (χ1n) is 5.92. The monoisotopic (exact) mass is 350 g/mol. The van der Waals surface area contributed by atoms with E-state index in [1.54, 1.807) is 18.2 Å². The maximum absolute atomic E-state index is 13.1. The van der Waals surface area contributed by atoms with Crippen LogP contribution in [0.4, 0.5) is 10.1 Å². The van der Waals surface area contributed by atoms with Gasteiger partial charge in [0.1, 0.15) is 5.82 Å². The van der Waals surface area contributed by atoms with Crippen LogP contribution in [-0.4, -0.2) is 10.9 Å². The van der Waals surface area contributed by atoms with Gasteiger partial charge in [-0.3, -0.25) is 9.78 Å². The van der Waals surface area contributed by atoms with Crippen LogP contribution in [0.15, 0.2) is 50.1 Å². The lowest BCUT2D eigenvalue weighted by Gasteiger charge is -2.05. The Morgan fingerprint density at radius 1 is 1.24 bits per heavy atom. The number of aromatic nitrogens is 1. The van der Waals surface area contributed by atoms with E-state index in [-0.39, 0.29) is 10.4 Å². The zero-order valence-electron chi connectivity index (χ0n) is 10.4. The van der Waals surface area contributed by atoms with Crippen LogP contribution in [0.5, 0.6) is 0 Å². The smallest absolute Gasteiger partial charge is 0.408 e. The minimum Gasteiger partial charge on any atom is -0.408 e. The summed E-state index contributed by atoms with van der Waals surface area (Å²) in [4.78, 5) is 25.6. The zero-order chi connectivity index (χ0) is 15.0. The first-order valence-corrected chi connectivity index (χ1v) is 6.71. The molecule has 2 N–H and O–H groups in total. The Bertz CT molecular complexity index is 901. The van der Waals surface area contributed by atoms with Gasteiger partial charge in [0, 0.05) is 11.3 Å². The summed E-state index contributed by atoms with van der Waals surface area (Å²) in [5.41, 5.74) is 1.69. The van der Waals surface area contributed by atoms with E-state index in [1.807, 2.05) is 0 Å². The van der Waals surface area contributed by atoms with E-state index in [9.17, 15) is 14.0 Å². The van der Waals surface area contributed by atoms with Crippen molar-refractivity contribution in [2.45, 2.75) is 0 Å². The molecule has 0 spiro atoms. The van der Waals surface area contributed by atoms with E-state index in [0.717, 1.165) is 0 Å². The molecule has 0 radical (unpaired) electrons. The third kappa shape index (κ3) is 2.73. The molecule has 0 aliphatic carbocycles. The maximum atomic E-state index is 13.1. The van der Waals surface area contributed by atoms with E-state index < -0.39 is 11.6 Å². The Balaban J connectivity index is 1.88. The number of rotatable bonds is 2. The van der Waals surface area contributed by atoms with E-state index in [4.69, 9.17) is 4.42 Å². The topological polar surface area (TPSA) is 75.1 Å². The van der Waals surface area contributed by atoms with Crippen molar-refractivity contribution < 1.29 is 13.6 Å². The number of H-pyrrole nitrogens is 1. The average molecular weight is 351 g/mol. The number of hydrogen-bond acceptors (Lipinski definition) is 3. The summed E-state index contributed by atoms with van der Waals surface area (Å²) < 4.78 is 18.2. The Hall–Kier alpha value is -2.41. The van der Waals surface area contributed by atoms with Gasteiger partial charge in [-0.05, 0) is 52.3 Å². The lowest BCUT2D eigenvalue weighted by Crippen LogP contribution is -2.11. The van der Waals surface area contributed by atoms with E-state index >= 15 is 0 Å². The van der Waals surface area contributed by atoms with Crippen molar-refractivity contribution in [2.75, 3.05) is 5.32 Å². The van der Waals surface area contributed by atoms with Gasteiger partial charge in [0.05, 0.1) is 9.99 Å². The van der Waals surface area contributed by atoms with Crippen LogP contribution in [0.1, 0.15) is 10.4 Å². The highest BCUT2D eigenvalue weighted by Crippen LogP contribution is 2.19. The van der Waals surface area contributed by atoms with Crippen LogP contribution >= 0.6 is 15.9 Å². The Labute approximate surface area is 125 Å². The first kappa shape index (κ1) is 13.6. The second-order valence-electron chi connectivity index (χ2n) is 4.31. The van der Waals surface area contributed by atoms with Crippen molar-refractivity contribution in [2.24, 2.45) is 0 Å². The molecule has 3 aromatic rings. The predicted molar refractivity (Wildman–Crippen MR) is 78.9 cm³/mol. The van der Waals surface area contributed by atoms with Crippen LogP contribution < -0.4 is 11.1 Å². The summed E-state index contributed by atoms with van der Waals surface area (Å²) in [5.74, 6) is -1.39. The summed E-state index contributed by atoms with van der Waals surface area (Å²) in [6, 6.07) is 8.74. The van der Waals surface area contributed by atoms with Gasteiger partial charge >= 0.3 is 5.76 Å². The quantitative estimate of drug-likeness (QED) is 0.744. The van der Waals surface area contributed by atoms with Gasteiger partial charge in [0.2, 0.25) is 0 Å². The second kappa shape index (κ2) is 5.17. The number of amides is 1. The number of anilines is 1. The van der Waals surface area contributed by atoms with Crippen molar-refractivity contribution >= 4 is 38.6 Å². The number of carbonyl (C=O) groups excluding carboxylic acids is 1. The summed E-state index contributed by atoms with van der Waals surface area (Å²) in [5, 5.41) is 2.66. The number of benzene rings is 2. The summed E-state index contributed by atoms with van der Waals surface area (Å²) >= 11 is 3.03. The van der Waals surface area contributed by atoms with Gasteiger partial charge in [-0.15, -0.1) is 0 Å². The molecule has 0 saturated carbocycles. The lowest BCUT2D eigenvalue weighted by atomic mass is 10.2. The summed E-state index contributed by atoms with van der Waals surface area (Å²) in [6.45, 7) is 0. The van der Waals surface area contributed by atoms with Crippen LogP contribution in [0, 0.1) is 5.82 Å². The summed E-state index contributed by atoms with van der Waals surface area (Å²) in [6.07, 6.45) is 0. The average Bonchev–Trinajstić information content (AvgIpc) is 2.81. The standard InChI is InChI=1S/C14H8BrFN2O3/c15-9-5-7(1-3-10(9)16)13(19)17-8-2-4-12-11(6-8)18-14(20)21-12/h1-6H,(H,17,19)(H,18,20). The molecule has 3 rings (SSSR count). The molecule has 21 heavy (non-hydrogen) atoms. The number of carbonyl (C=O) groups is 1. The highest BCUT2D eigenvalue weighted by atomic mass is 79.9.